The Balaban J connectivity index is 2.06. The molecule has 0 spiro atoms. The van der Waals surface area contributed by atoms with Gasteiger partial charge >= 0.3 is 0 Å². The van der Waals surface area contributed by atoms with Crippen molar-refractivity contribution in [2.24, 2.45) is 0 Å². The molecule has 0 saturated carbocycles. The van der Waals surface area contributed by atoms with Crippen LogP contribution in [0, 0.1) is 6.92 Å². The molecular weight excluding hydrogens is 352 g/mol. The number of benzene rings is 2. The summed E-state index contributed by atoms with van der Waals surface area (Å²) in [6.45, 7) is 3.70. The van der Waals surface area contributed by atoms with Crippen LogP contribution >= 0.6 is 0 Å². The van der Waals surface area contributed by atoms with Gasteiger partial charge in [0.15, 0.2) is 6.10 Å². The minimum Gasteiger partial charge on any atom is -0.481 e. The predicted octanol–water partition coefficient (Wildman–Crippen LogP) is 2.33. The van der Waals surface area contributed by atoms with E-state index < -0.39 is 16.1 Å². The second-order valence-corrected chi connectivity index (χ2v) is 8.31. The van der Waals surface area contributed by atoms with E-state index in [2.05, 4.69) is 5.32 Å². The number of sulfonamides is 1. The highest BCUT2D eigenvalue weighted by Gasteiger charge is 2.21. The molecule has 0 heterocycles. The quantitative estimate of drug-likeness (QED) is 0.805. The molecule has 0 saturated heterocycles. The molecule has 7 heteroatoms. The molecule has 0 radical (unpaired) electrons. The van der Waals surface area contributed by atoms with Gasteiger partial charge < -0.3 is 10.1 Å². The van der Waals surface area contributed by atoms with E-state index in [0.717, 1.165) is 9.87 Å². The number of carbonyl (C=O) groups excluding carboxylic acids is 1. The lowest BCUT2D eigenvalue weighted by Gasteiger charge is -2.17. The Morgan fingerprint density at radius 1 is 1.15 bits per heavy atom. The van der Waals surface area contributed by atoms with E-state index in [-0.39, 0.29) is 17.3 Å². The first-order valence-electron chi connectivity index (χ1n) is 8.23. The minimum atomic E-state index is -3.58. The Hall–Kier alpha value is -2.38. The van der Waals surface area contributed by atoms with Crippen LogP contribution in [0.25, 0.3) is 0 Å². The average Bonchev–Trinajstić information content (AvgIpc) is 2.59. The molecular formula is C19H24N2O4S. The smallest absolute Gasteiger partial charge is 0.261 e. The van der Waals surface area contributed by atoms with Gasteiger partial charge in [-0.05, 0) is 43.2 Å². The Morgan fingerprint density at radius 2 is 1.85 bits per heavy atom. The number of nitrogens with zero attached hydrogens (tertiary/aromatic N) is 1. The van der Waals surface area contributed by atoms with Gasteiger partial charge in [-0.15, -0.1) is 0 Å². The topological polar surface area (TPSA) is 75.7 Å². The number of aryl methyl sites for hydroxylation is 1. The summed E-state index contributed by atoms with van der Waals surface area (Å²) in [6, 6.07) is 14.1. The standard InChI is InChI=1S/C19H24N2O4S/c1-14-8-7-10-17(12-14)25-15(2)19(22)20-13-16-9-5-6-11-18(16)26(23,24)21(3)4/h5-12,15H,13H2,1-4H3,(H,20,22). The van der Waals surface area contributed by atoms with E-state index >= 15 is 0 Å². The lowest BCUT2D eigenvalue weighted by Crippen LogP contribution is -2.36. The highest BCUT2D eigenvalue weighted by molar-refractivity contribution is 7.89. The van der Waals surface area contributed by atoms with Crippen LogP contribution in [-0.2, 0) is 21.4 Å². The second-order valence-electron chi connectivity index (χ2n) is 6.19. The molecule has 0 fully saturated rings. The largest absolute Gasteiger partial charge is 0.481 e. The first-order chi connectivity index (χ1) is 12.2. The minimum absolute atomic E-state index is 0.101. The lowest BCUT2D eigenvalue weighted by molar-refractivity contribution is -0.127. The Kier molecular flexibility index (Phi) is 6.39. The molecule has 2 aromatic rings. The SMILES string of the molecule is Cc1cccc(OC(C)C(=O)NCc2ccccc2S(=O)(=O)N(C)C)c1. The van der Waals surface area contributed by atoms with Crippen molar-refractivity contribution in [2.75, 3.05) is 14.1 Å². The van der Waals surface area contributed by atoms with Crippen molar-refractivity contribution in [3.8, 4) is 5.75 Å². The van der Waals surface area contributed by atoms with Crippen molar-refractivity contribution in [1.29, 1.82) is 0 Å². The van der Waals surface area contributed by atoms with E-state index in [1.807, 2.05) is 25.1 Å². The summed E-state index contributed by atoms with van der Waals surface area (Å²) < 4.78 is 31.6. The van der Waals surface area contributed by atoms with Gasteiger partial charge in [-0.1, -0.05) is 30.3 Å². The molecule has 0 aliphatic heterocycles. The number of rotatable bonds is 7. The molecule has 1 atom stereocenters. The number of carbonyl (C=O) groups is 1. The first-order valence-corrected chi connectivity index (χ1v) is 9.67. The molecule has 1 amide bonds. The molecule has 1 unspecified atom stereocenters. The van der Waals surface area contributed by atoms with Gasteiger partial charge in [0.05, 0.1) is 4.90 Å². The van der Waals surface area contributed by atoms with Gasteiger partial charge in [-0.3, -0.25) is 4.79 Å². The number of nitrogens with one attached hydrogen (secondary N) is 1. The Morgan fingerprint density at radius 3 is 2.50 bits per heavy atom. The van der Waals surface area contributed by atoms with Crippen molar-refractivity contribution in [1.82, 2.24) is 9.62 Å². The van der Waals surface area contributed by atoms with Gasteiger partial charge in [-0.2, -0.15) is 0 Å². The maximum Gasteiger partial charge on any atom is 0.261 e. The van der Waals surface area contributed by atoms with E-state index in [0.29, 0.717) is 11.3 Å². The van der Waals surface area contributed by atoms with E-state index in [4.69, 9.17) is 4.74 Å². The van der Waals surface area contributed by atoms with Crippen LogP contribution in [0.1, 0.15) is 18.1 Å². The van der Waals surface area contributed by atoms with Crippen LogP contribution in [0.2, 0.25) is 0 Å². The summed E-state index contributed by atoms with van der Waals surface area (Å²) in [7, 11) is -0.629. The van der Waals surface area contributed by atoms with Gasteiger partial charge in [0.1, 0.15) is 5.75 Å². The molecule has 0 aliphatic carbocycles. The highest BCUT2D eigenvalue weighted by Crippen LogP contribution is 2.18. The van der Waals surface area contributed by atoms with E-state index in [1.54, 1.807) is 31.2 Å². The zero-order chi connectivity index (χ0) is 19.3. The molecule has 2 rings (SSSR count). The van der Waals surface area contributed by atoms with Crippen molar-refractivity contribution in [3.63, 3.8) is 0 Å². The summed E-state index contributed by atoms with van der Waals surface area (Å²) in [5.74, 6) is 0.298. The van der Waals surface area contributed by atoms with Gasteiger partial charge in [0.2, 0.25) is 10.0 Å². The first kappa shape index (κ1) is 19.9. The van der Waals surface area contributed by atoms with Crippen LogP contribution in [0.4, 0.5) is 0 Å². The van der Waals surface area contributed by atoms with Crippen LogP contribution in [0.3, 0.4) is 0 Å². The molecule has 0 bridgehead atoms. The third-order valence-electron chi connectivity index (χ3n) is 3.86. The van der Waals surface area contributed by atoms with Gasteiger partial charge in [0.25, 0.3) is 5.91 Å². The van der Waals surface area contributed by atoms with Crippen LogP contribution < -0.4 is 10.1 Å². The fraction of sp³-hybridized carbons (Fsp3) is 0.316. The zero-order valence-electron chi connectivity index (χ0n) is 15.4. The Bertz CT molecular complexity index is 879. The molecule has 0 aliphatic rings. The summed E-state index contributed by atoms with van der Waals surface area (Å²) in [5, 5.41) is 2.74. The third kappa shape index (κ3) is 4.83. The Labute approximate surface area is 154 Å². The second kappa shape index (κ2) is 8.33. The maximum atomic E-state index is 12.4. The third-order valence-corrected chi connectivity index (χ3v) is 5.77. The lowest BCUT2D eigenvalue weighted by atomic mass is 10.2. The molecule has 2 aromatic carbocycles. The van der Waals surface area contributed by atoms with Crippen LogP contribution in [0.15, 0.2) is 53.4 Å². The van der Waals surface area contributed by atoms with Crippen LogP contribution in [0.5, 0.6) is 5.75 Å². The average molecular weight is 376 g/mol. The van der Waals surface area contributed by atoms with Crippen molar-refractivity contribution in [2.45, 2.75) is 31.4 Å². The molecule has 6 nitrogen and oxygen atoms in total. The monoisotopic (exact) mass is 376 g/mol. The van der Waals surface area contributed by atoms with E-state index in [1.165, 1.54) is 20.2 Å². The maximum absolute atomic E-state index is 12.4. The predicted molar refractivity (Wildman–Crippen MR) is 100 cm³/mol. The molecule has 0 aromatic heterocycles. The summed E-state index contributed by atoms with van der Waals surface area (Å²) in [5.41, 5.74) is 1.57. The van der Waals surface area contributed by atoms with Gasteiger partial charge in [-0.25, -0.2) is 12.7 Å². The summed E-state index contributed by atoms with van der Waals surface area (Å²) in [6.07, 6.45) is -0.700. The van der Waals surface area contributed by atoms with Crippen LogP contribution in [-0.4, -0.2) is 38.8 Å². The zero-order valence-corrected chi connectivity index (χ0v) is 16.2. The number of ether oxygens (including phenoxy) is 1. The number of hydrogen-bond donors (Lipinski definition) is 1. The van der Waals surface area contributed by atoms with Crippen molar-refractivity contribution >= 4 is 15.9 Å². The normalized spacial score (nSPS) is 12.7. The van der Waals surface area contributed by atoms with Crippen molar-refractivity contribution < 1.29 is 17.9 Å². The van der Waals surface area contributed by atoms with Crippen molar-refractivity contribution in [3.05, 3.63) is 59.7 Å². The highest BCUT2D eigenvalue weighted by atomic mass is 32.2. The molecule has 26 heavy (non-hydrogen) atoms. The van der Waals surface area contributed by atoms with Gasteiger partial charge in [0, 0.05) is 20.6 Å². The fourth-order valence-electron chi connectivity index (χ4n) is 2.37. The van der Waals surface area contributed by atoms with E-state index in [9.17, 15) is 13.2 Å². The number of amides is 1. The fourth-order valence-corrected chi connectivity index (χ4v) is 3.49. The summed E-state index contributed by atoms with van der Waals surface area (Å²) in [4.78, 5) is 12.5. The summed E-state index contributed by atoms with van der Waals surface area (Å²) >= 11 is 0. The molecule has 1 N–H and O–H groups in total. The number of hydrogen-bond acceptors (Lipinski definition) is 4. The molecule has 140 valence electrons.